The first-order valence-corrected chi connectivity index (χ1v) is 11.2. The number of benzene rings is 3. The fraction of sp³-hybridized carbons (Fsp3) is 0.259. The number of amides is 2. The van der Waals surface area contributed by atoms with Crippen LogP contribution in [0.5, 0.6) is 0 Å². The molecule has 7 heteroatoms. The Bertz CT molecular complexity index is 1180. The normalized spacial score (nSPS) is 18.9. The summed E-state index contributed by atoms with van der Waals surface area (Å²) in [5.41, 5.74) is 7.07. The van der Waals surface area contributed by atoms with E-state index < -0.39 is 29.2 Å². The van der Waals surface area contributed by atoms with E-state index >= 15 is 0 Å². The van der Waals surface area contributed by atoms with E-state index in [2.05, 4.69) is 0 Å². The molecule has 176 valence electrons. The minimum absolute atomic E-state index is 0.110. The molecule has 1 saturated heterocycles. The van der Waals surface area contributed by atoms with Crippen LogP contribution in [0.25, 0.3) is 11.1 Å². The van der Waals surface area contributed by atoms with Gasteiger partial charge in [0, 0.05) is 37.4 Å². The van der Waals surface area contributed by atoms with Gasteiger partial charge >= 0.3 is 6.09 Å². The second kappa shape index (κ2) is 9.63. The summed E-state index contributed by atoms with van der Waals surface area (Å²) in [6.07, 6.45) is 0.470. The average molecular weight is 465 g/mol. The zero-order valence-corrected chi connectivity index (χ0v) is 18.8. The van der Waals surface area contributed by atoms with Gasteiger partial charge in [-0.2, -0.15) is 0 Å². The van der Waals surface area contributed by atoms with E-state index in [1.165, 1.54) is 12.1 Å². The van der Waals surface area contributed by atoms with Crippen molar-refractivity contribution < 1.29 is 23.1 Å². The first-order chi connectivity index (χ1) is 16.3. The molecule has 0 aliphatic carbocycles. The second-order valence-corrected chi connectivity index (χ2v) is 8.56. The Labute approximate surface area is 197 Å². The molecule has 1 aliphatic rings. The Morgan fingerprint density at radius 3 is 2.41 bits per heavy atom. The van der Waals surface area contributed by atoms with E-state index in [0.29, 0.717) is 30.5 Å². The highest BCUT2D eigenvalue weighted by Gasteiger charge is 2.43. The largest absolute Gasteiger partial charge is 0.438 e. The van der Waals surface area contributed by atoms with Crippen LogP contribution in [0.15, 0.2) is 72.8 Å². The van der Waals surface area contributed by atoms with Crippen LogP contribution in [0.2, 0.25) is 0 Å². The number of primary amides is 1. The van der Waals surface area contributed by atoms with Gasteiger partial charge in [-0.15, -0.1) is 0 Å². The average Bonchev–Trinajstić information content (AvgIpc) is 2.83. The molecule has 2 amide bonds. The third kappa shape index (κ3) is 4.78. The summed E-state index contributed by atoms with van der Waals surface area (Å²) >= 11 is 0. The molecule has 0 bridgehead atoms. The number of hydrogen-bond donors (Lipinski definition) is 1. The van der Waals surface area contributed by atoms with Gasteiger partial charge in [0.2, 0.25) is 5.91 Å². The molecule has 2 atom stereocenters. The smallest absolute Gasteiger partial charge is 0.411 e. The van der Waals surface area contributed by atoms with E-state index in [1.54, 1.807) is 17.0 Å². The summed E-state index contributed by atoms with van der Waals surface area (Å²) in [6, 6.07) is 19.7. The van der Waals surface area contributed by atoms with Crippen molar-refractivity contribution in [1.82, 2.24) is 4.90 Å². The van der Waals surface area contributed by atoms with E-state index in [4.69, 9.17) is 10.5 Å². The third-order valence-electron chi connectivity index (χ3n) is 6.45. The second-order valence-electron chi connectivity index (χ2n) is 8.56. The van der Waals surface area contributed by atoms with Crippen LogP contribution in [-0.2, 0) is 15.1 Å². The monoisotopic (exact) mass is 464 g/mol. The number of carbonyl (C=O) groups is 2. The number of rotatable bonds is 7. The number of halogens is 2. The van der Waals surface area contributed by atoms with Crippen molar-refractivity contribution >= 4 is 12.0 Å². The topological polar surface area (TPSA) is 72.6 Å². The highest BCUT2D eigenvalue weighted by atomic mass is 19.1. The predicted molar refractivity (Wildman–Crippen MR) is 125 cm³/mol. The molecule has 0 aromatic heterocycles. The molecule has 0 saturated carbocycles. The predicted octanol–water partition coefficient (Wildman–Crippen LogP) is 5.70. The highest BCUT2D eigenvalue weighted by molar-refractivity contribution is 5.74. The lowest BCUT2D eigenvalue weighted by Gasteiger charge is -2.43. The Kier molecular flexibility index (Phi) is 6.63. The summed E-state index contributed by atoms with van der Waals surface area (Å²) in [4.78, 5) is 26.2. The SMILES string of the molecule is C[C@@H](c1ccc(-c2ccc(F)cc2F)cc1)N1CCC(CCC(N)=O)(c2ccccc2)OC1=O. The van der Waals surface area contributed by atoms with E-state index in [9.17, 15) is 18.4 Å². The van der Waals surface area contributed by atoms with Gasteiger partial charge < -0.3 is 15.4 Å². The molecule has 4 rings (SSSR count). The van der Waals surface area contributed by atoms with Crippen LogP contribution < -0.4 is 5.73 Å². The van der Waals surface area contributed by atoms with E-state index in [-0.39, 0.29) is 12.5 Å². The van der Waals surface area contributed by atoms with Crippen LogP contribution in [0.3, 0.4) is 0 Å². The van der Waals surface area contributed by atoms with Crippen molar-refractivity contribution in [1.29, 1.82) is 0 Å². The summed E-state index contributed by atoms with van der Waals surface area (Å²) in [6.45, 7) is 2.33. The van der Waals surface area contributed by atoms with Gasteiger partial charge in [0.1, 0.15) is 17.2 Å². The number of cyclic esters (lactones) is 1. The molecule has 3 aromatic carbocycles. The fourth-order valence-electron chi connectivity index (χ4n) is 4.46. The van der Waals surface area contributed by atoms with Gasteiger partial charge in [-0.25, -0.2) is 13.6 Å². The molecule has 3 aromatic rings. The molecule has 34 heavy (non-hydrogen) atoms. The van der Waals surface area contributed by atoms with Crippen molar-refractivity contribution in [3.05, 3.63) is 95.6 Å². The Hall–Kier alpha value is -3.74. The van der Waals surface area contributed by atoms with Crippen LogP contribution in [0.1, 0.15) is 43.4 Å². The zero-order valence-electron chi connectivity index (χ0n) is 18.8. The molecule has 5 nitrogen and oxygen atoms in total. The van der Waals surface area contributed by atoms with Crippen LogP contribution in [-0.4, -0.2) is 23.4 Å². The van der Waals surface area contributed by atoms with Gasteiger partial charge in [-0.05, 0) is 35.7 Å². The summed E-state index contributed by atoms with van der Waals surface area (Å²) < 4.78 is 33.3. The maximum Gasteiger partial charge on any atom is 0.411 e. The lowest BCUT2D eigenvalue weighted by molar-refractivity contribution is -0.121. The van der Waals surface area contributed by atoms with Gasteiger partial charge in [0.05, 0.1) is 6.04 Å². The van der Waals surface area contributed by atoms with Gasteiger partial charge in [-0.3, -0.25) is 4.79 Å². The minimum Gasteiger partial charge on any atom is -0.438 e. The molecule has 2 N–H and O–H groups in total. The van der Waals surface area contributed by atoms with E-state index in [1.807, 2.05) is 49.4 Å². The molecule has 1 aliphatic heterocycles. The van der Waals surface area contributed by atoms with Gasteiger partial charge in [0.15, 0.2) is 0 Å². The first-order valence-electron chi connectivity index (χ1n) is 11.2. The summed E-state index contributed by atoms with van der Waals surface area (Å²) in [7, 11) is 0. The lowest BCUT2D eigenvalue weighted by Crippen LogP contribution is -2.49. The van der Waals surface area contributed by atoms with Crippen LogP contribution >= 0.6 is 0 Å². The Morgan fingerprint density at radius 1 is 1.09 bits per heavy atom. The van der Waals surface area contributed by atoms with Gasteiger partial charge in [-0.1, -0.05) is 54.6 Å². The van der Waals surface area contributed by atoms with Gasteiger partial charge in [0.25, 0.3) is 0 Å². The van der Waals surface area contributed by atoms with Crippen LogP contribution in [0.4, 0.5) is 13.6 Å². The molecule has 1 unspecified atom stereocenters. The van der Waals surface area contributed by atoms with E-state index in [0.717, 1.165) is 17.2 Å². The van der Waals surface area contributed by atoms with Crippen molar-refractivity contribution in [2.24, 2.45) is 5.73 Å². The first kappa shape index (κ1) is 23.4. The number of nitrogens with two attached hydrogens (primary N) is 1. The summed E-state index contributed by atoms with van der Waals surface area (Å²) in [5, 5.41) is 0. The van der Waals surface area contributed by atoms with Crippen molar-refractivity contribution in [3.63, 3.8) is 0 Å². The zero-order chi connectivity index (χ0) is 24.3. The molecular formula is C27H26F2N2O3. The van der Waals surface area contributed by atoms with Crippen LogP contribution in [0, 0.1) is 11.6 Å². The molecule has 0 spiro atoms. The van der Waals surface area contributed by atoms with Crippen molar-refractivity contribution in [3.8, 4) is 11.1 Å². The maximum atomic E-state index is 14.1. The lowest BCUT2D eigenvalue weighted by atomic mass is 9.84. The summed E-state index contributed by atoms with van der Waals surface area (Å²) in [5.74, 6) is -1.70. The third-order valence-corrected chi connectivity index (χ3v) is 6.45. The molecule has 1 fully saturated rings. The molecule has 1 heterocycles. The number of nitrogens with zero attached hydrogens (tertiary/aromatic N) is 1. The Balaban J connectivity index is 1.52. The van der Waals surface area contributed by atoms with Crippen molar-refractivity contribution in [2.75, 3.05) is 6.54 Å². The quantitative estimate of drug-likeness (QED) is 0.488. The molecule has 0 radical (unpaired) electrons. The number of ether oxygens (including phenoxy) is 1. The number of carbonyl (C=O) groups excluding carboxylic acids is 2. The standard InChI is InChI=1S/C27H26F2N2O3/c1-18(19-7-9-20(10-8-19)23-12-11-22(28)17-24(23)29)31-16-15-27(34-26(31)33,14-13-25(30)32)21-5-3-2-4-6-21/h2-12,17-18H,13-16H2,1H3,(H2,30,32)/t18-,27?/m0/s1. The molecular weight excluding hydrogens is 438 g/mol. The fourth-order valence-corrected chi connectivity index (χ4v) is 4.46. The highest BCUT2D eigenvalue weighted by Crippen LogP contribution is 2.40. The minimum atomic E-state index is -0.909. The maximum absolute atomic E-state index is 14.1. The van der Waals surface area contributed by atoms with Crippen molar-refractivity contribution in [2.45, 2.75) is 37.8 Å². The number of hydrogen-bond acceptors (Lipinski definition) is 3. The Morgan fingerprint density at radius 2 is 1.79 bits per heavy atom.